The molecule has 1 heterocycles. The molecule has 3 N–H and O–H groups in total. The number of amides is 1. The summed E-state index contributed by atoms with van der Waals surface area (Å²) in [7, 11) is 0. The van der Waals surface area contributed by atoms with Gasteiger partial charge in [-0.1, -0.05) is 0 Å². The highest BCUT2D eigenvalue weighted by molar-refractivity contribution is 5.85. The van der Waals surface area contributed by atoms with Crippen LogP contribution in [-0.2, 0) is 9.53 Å². The molecule has 1 aliphatic rings. The van der Waals surface area contributed by atoms with Crippen LogP contribution >= 0.6 is 12.4 Å². The summed E-state index contributed by atoms with van der Waals surface area (Å²) in [6, 6.07) is 0. The Labute approximate surface area is 103 Å². The number of halogens is 1. The first kappa shape index (κ1) is 15.6. The standard InChI is InChI=1S/C10H21N3O2.ClH/c11-3-1-2-10(14)12-4-5-13-6-8-15-9-7-13;/h1-9,11H2,(H,12,14);1H. The van der Waals surface area contributed by atoms with Gasteiger partial charge in [-0.25, -0.2) is 0 Å². The van der Waals surface area contributed by atoms with Crippen LogP contribution in [0.15, 0.2) is 0 Å². The third-order valence-electron chi connectivity index (χ3n) is 2.46. The van der Waals surface area contributed by atoms with Crippen LogP contribution in [0.25, 0.3) is 0 Å². The molecule has 96 valence electrons. The molecular formula is C10H22ClN3O2. The molecule has 0 saturated carbocycles. The van der Waals surface area contributed by atoms with Gasteiger partial charge in [0.05, 0.1) is 13.2 Å². The lowest BCUT2D eigenvalue weighted by Crippen LogP contribution is -2.41. The summed E-state index contributed by atoms with van der Waals surface area (Å²) < 4.78 is 5.24. The van der Waals surface area contributed by atoms with Crippen LogP contribution in [0, 0.1) is 0 Å². The number of rotatable bonds is 6. The quantitative estimate of drug-likeness (QED) is 0.674. The summed E-state index contributed by atoms with van der Waals surface area (Å²) in [5.41, 5.74) is 5.32. The molecule has 0 unspecified atom stereocenters. The molecular weight excluding hydrogens is 230 g/mol. The van der Waals surface area contributed by atoms with Gasteiger partial charge in [0.2, 0.25) is 5.91 Å². The van der Waals surface area contributed by atoms with Gasteiger partial charge in [-0.15, -0.1) is 12.4 Å². The number of carbonyl (C=O) groups is 1. The number of morpholine rings is 1. The van der Waals surface area contributed by atoms with Crippen LogP contribution in [0.4, 0.5) is 0 Å². The number of ether oxygens (including phenoxy) is 1. The second kappa shape index (κ2) is 9.84. The Balaban J connectivity index is 0.00000225. The van der Waals surface area contributed by atoms with Gasteiger partial charge in [-0.05, 0) is 13.0 Å². The summed E-state index contributed by atoms with van der Waals surface area (Å²) >= 11 is 0. The first-order valence-electron chi connectivity index (χ1n) is 5.60. The van der Waals surface area contributed by atoms with Crippen LogP contribution in [0.5, 0.6) is 0 Å². The van der Waals surface area contributed by atoms with Crippen LogP contribution in [0.1, 0.15) is 12.8 Å². The topological polar surface area (TPSA) is 67.6 Å². The van der Waals surface area contributed by atoms with Crippen LogP contribution < -0.4 is 11.1 Å². The van der Waals surface area contributed by atoms with Crippen molar-refractivity contribution in [3.8, 4) is 0 Å². The molecule has 0 bridgehead atoms. The van der Waals surface area contributed by atoms with Crippen molar-refractivity contribution in [2.45, 2.75) is 12.8 Å². The number of nitrogens with zero attached hydrogens (tertiary/aromatic N) is 1. The second-order valence-electron chi connectivity index (χ2n) is 3.70. The molecule has 1 amide bonds. The zero-order valence-electron chi connectivity index (χ0n) is 9.61. The molecule has 1 aliphatic heterocycles. The molecule has 1 rings (SSSR count). The lowest BCUT2D eigenvalue weighted by atomic mass is 10.3. The number of hydrogen-bond acceptors (Lipinski definition) is 4. The molecule has 1 saturated heterocycles. The van der Waals surface area contributed by atoms with E-state index in [1.165, 1.54) is 0 Å². The molecule has 0 aromatic carbocycles. The summed E-state index contributed by atoms with van der Waals surface area (Å²) in [5.74, 6) is 0.105. The van der Waals surface area contributed by atoms with E-state index >= 15 is 0 Å². The predicted molar refractivity (Wildman–Crippen MR) is 65.8 cm³/mol. The minimum atomic E-state index is 0. The predicted octanol–water partition coefficient (Wildman–Crippen LogP) is -0.404. The normalized spacial score (nSPS) is 16.6. The monoisotopic (exact) mass is 251 g/mol. The van der Waals surface area contributed by atoms with E-state index in [0.717, 1.165) is 45.8 Å². The van der Waals surface area contributed by atoms with E-state index in [4.69, 9.17) is 10.5 Å². The molecule has 0 aromatic rings. The second-order valence-corrected chi connectivity index (χ2v) is 3.70. The van der Waals surface area contributed by atoms with Crippen LogP contribution in [0.2, 0.25) is 0 Å². The van der Waals surface area contributed by atoms with E-state index < -0.39 is 0 Å². The molecule has 0 aromatic heterocycles. The van der Waals surface area contributed by atoms with Gasteiger partial charge in [-0.3, -0.25) is 9.69 Å². The fourth-order valence-electron chi connectivity index (χ4n) is 1.53. The molecule has 0 aliphatic carbocycles. The lowest BCUT2D eigenvalue weighted by Gasteiger charge is -2.26. The van der Waals surface area contributed by atoms with Crippen molar-refractivity contribution in [2.24, 2.45) is 5.73 Å². The highest BCUT2D eigenvalue weighted by Crippen LogP contribution is 1.94. The maximum Gasteiger partial charge on any atom is 0.220 e. The Morgan fingerprint density at radius 2 is 2.06 bits per heavy atom. The van der Waals surface area contributed by atoms with Crippen LogP contribution in [0.3, 0.4) is 0 Å². The fraction of sp³-hybridized carbons (Fsp3) is 0.900. The van der Waals surface area contributed by atoms with Gasteiger partial charge in [0.25, 0.3) is 0 Å². The van der Waals surface area contributed by atoms with Crippen molar-refractivity contribution >= 4 is 18.3 Å². The molecule has 0 spiro atoms. The van der Waals surface area contributed by atoms with E-state index in [1.807, 2.05) is 0 Å². The Morgan fingerprint density at radius 1 is 1.38 bits per heavy atom. The minimum Gasteiger partial charge on any atom is -0.379 e. The van der Waals surface area contributed by atoms with Crippen LogP contribution in [-0.4, -0.2) is 56.7 Å². The number of hydrogen-bond donors (Lipinski definition) is 2. The van der Waals surface area contributed by atoms with E-state index in [-0.39, 0.29) is 18.3 Å². The number of nitrogens with two attached hydrogens (primary N) is 1. The highest BCUT2D eigenvalue weighted by atomic mass is 35.5. The fourth-order valence-corrected chi connectivity index (χ4v) is 1.53. The number of carbonyl (C=O) groups excluding carboxylic acids is 1. The van der Waals surface area contributed by atoms with E-state index in [9.17, 15) is 4.79 Å². The molecule has 6 heteroatoms. The molecule has 16 heavy (non-hydrogen) atoms. The van der Waals surface area contributed by atoms with Gasteiger partial charge in [0, 0.05) is 32.6 Å². The molecule has 5 nitrogen and oxygen atoms in total. The van der Waals surface area contributed by atoms with Crippen molar-refractivity contribution in [3.05, 3.63) is 0 Å². The summed E-state index contributed by atoms with van der Waals surface area (Å²) in [6.07, 6.45) is 1.31. The average Bonchev–Trinajstić information content (AvgIpc) is 2.28. The third-order valence-corrected chi connectivity index (χ3v) is 2.46. The molecule has 0 radical (unpaired) electrons. The van der Waals surface area contributed by atoms with Gasteiger partial charge >= 0.3 is 0 Å². The summed E-state index contributed by atoms with van der Waals surface area (Å²) in [5, 5.41) is 2.89. The van der Waals surface area contributed by atoms with Crippen molar-refractivity contribution < 1.29 is 9.53 Å². The Hall–Kier alpha value is -0.360. The highest BCUT2D eigenvalue weighted by Gasteiger charge is 2.09. The third kappa shape index (κ3) is 7.00. The van der Waals surface area contributed by atoms with E-state index in [2.05, 4.69) is 10.2 Å². The lowest BCUT2D eigenvalue weighted by molar-refractivity contribution is -0.121. The minimum absolute atomic E-state index is 0. The number of nitrogens with one attached hydrogen (secondary N) is 1. The van der Waals surface area contributed by atoms with Gasteiger partial charge in [0.1, 0.15) is 0 Å². The Morgan fingerprint density at radius 3 is 2.69 bits per heavy atom. The molecule has 0 atom stereocenters. The zero-order chi connectivity index (χ0) is 10.9. The molecule has 1 fully saturated rings. The van der Waals surface area contributed by atoms with Gasteiger partial charge in [-0.2, -0.15) is 0 Å². The summed E-state index contributed by atoms with van der Waals surface area (Å²) in [6.45, 7) is 5.78. The van der Waals surface area contributed by atoms with Crippen molar-refractivity contribution in [2.75, 3.05) is 45.9 Å². The first-order chi connectivity index (χ1) is 7.33. The van der Waals surface area contributed by atoms with Gasteiger partial charge < -0.3 is 15.8 Å². The van der Waals surface area contributed by atoms with Crippen molar-refractivity contribution in [1.29, 1.82) is 0 Å². The average molecular weight is 252 g/mol. The SMILES string of the molecule is Cl.NCCCC(=O)NCCN1CCOCC1. The van der Waals surface area contributed by atoms with E-state index in [1.54, 1.807) is 0 Å². The first-order valence-corrected chi connectivity index (χ1v) is 5.60. The summed E-state index contributed by atoms with van der Waals surface area (Å²) in [4.78, 5) is 13.5. The Bertz CT molecular complexity index is 187. The maximum atomic E-state index is 11.2. The Kier molecular flexibility index (Phi) is 9.62. The maximum absolute atomic E-state index is 11.2. The largest absolute Gasteiger partial charge is 0.379 e. The smallest absolute Gasteiger partial charge is 0.220 e. The van der Waals surface area contributed by atoms with Gasteiger partial charge in [0.15, 0.2) is 0 Å². The van der Waals surface area contributed by atoms with E-state index in [0.29, 0.717) is 13.0 Å². The van der Waals surface area contributed by atoms with Crippen molar-refractivity contribution in [1.82, 2.24) is 10.2 Å². The van der Waals surface area contributed by atoms with Crippen molar-refractivity contribution in [3.63, 3.8) is 0 Å². The zero-order valence-corrected chi connectivity index (χ0v) is 10.4.